The van der Waals surface area contributed by atoms with Crippen LogP contribution < -0.4 is 4.90 Å². The number of aliphatic hydroxyl groups excluding tert-OH is 1. The summed E-state index contributed by atoms with van der Waals surface area (Å²) in [5, 5.41) is 10.9. The molecule has 6 rings (SSSR count). The van der Waals surface area contributed by atoms with Gasteiger partial charge in [0, 0.05) is 30.6 Å². The molecule has 256 valence electrons. The number of hydrogen-bond acceptors (Lipinski definition) is 5. The molecule has 3 fully saturated rings. The van der Waals surface area contributed by atoms with Crippen LogP contribution in [0.3, 0.4) is 0 Å². The standard InChI is InChI=1S/C41H47N3O4S/c1-6-21-42(25-31-19-12-9-13-20-31)38(46)34-33-23-29(5)41(49-33)35(34)39(47)44(32(26-45)24-30-17-10-8-11-18-30)37(41)40(48)43(22-7-2)36-27(3)15-14-16-28(36)4/h6-20,29,32-35,37,45H,1-2,21-26H2,3-5H3/t29?,32-,33+,34-,35+,37?,41?/m1/s1. The van der Waals surface area contributed by atoms with Crippen molar-refractivity contribution < 1.29 is 19.5 Å². The summed E-state index contributed by atoms with van der Waals surface area (Å²) in [4.78, 5) is 50.5. The molecular formula is C41H47N3O4S. The van der Waals surface area contributed by atoms with E-state index < -0.39 is 28.7 Å². The Labute approximate surface area is 294 Å². The largest absolute Gasteiger partial charge is 0.394 e. The Morgan fingerprint density at radius 2 is 1.55 bits per heavy atom. The highest BCUT2D eigenvalue weighted by molar-refractivity contribution is 8.02. The minimum Gasteiger partial charge on any atom is -0.394 e. The number of likely N-dealkylation sites (tertiary alicyclic amines) is 1. The predicted octanol–water partition coefficient (Wildman–Crippen LogP) is 5.98. The monoisotopic (exact) mass is 677 g/mol. The van der Waals surface area contributed by atoms with E-state index in [4.69, 9.17) is 0 Å². The van der Waals surface area contributed by atoms with Crippen LogP contribution in [-0.4, -0.2) is 74.4 Å². The first-order valence-electron chi connectivity index (χ1n) is 17.2. The lowest BCUT2D eigenvalue weighted by Gasteiger charge is -2.42. The maximum Gasteiger partial charge on any atom is 0.251 e. The molecule has 3 unspecified atom stereocenters. The van der Waals surface area contributed by atoms with E-state index in [1.165, 1.54) is 0 Å². The summed E-state index contributed by atoms with van der Waals surface area (Å²) in [7, 11) is 0. The van der Waals surface area contributed by atoms with Crippen LogP contribution in [0.25, 0.3) is 0 Å². The second-order valence-corrected chi connectivity index (χ2v) is 15.3. The van der Waals surface area contributed by atoms with E-state index in [-0.39, 0.29) is 42.0 Å². The van der Waals surface area contributed by atoms with E-state index >= 15 is 9.59 Å². The highest BCUT2D eigenvalue weighted by Gasteiger charge is 2.77. The number of aliphatic hydroxyl groups is 1. The Balaban J connectivity index is 1.47. The third-order valence-electron chi connectivity index (χ3n) is 10.8. The molecule has 3 aromatic rings. The van der Waals surface area contributed by atoms with Crippen LogP contribution in [0.1, 0.15) is 35.6 Å². The number of thioether (sulfide) groups is 1. The van der Waals surface area contributed by atoms with Crippen LogP contribution in [0, 0.1) is 31.6 Å². The van der Waals surface area contributed by atoms with Crippen LogP contribution in [-0.2, 0) is 27.3 Å². The van der Waals surface area contributed by atoms with Gasteiger partial charge >= 0.3 is 0 Å². The van der Waals surface area contributed by atoms with Crippen molar-refractivity contribution in [2.75, 3.05) is 24.6 Å². The van der Waals surface area contributed by atoms with Gasteiger partial charge in [0.1, 0.15) is 6.04 Å². The highest BCUT2D eigenvalue weighted by atomic mass is 32.2. The minimum atomic E-state index is -0.880. The lowest BCUT2D eigenvalue weighted by molar-refractivity contribution is -0.145. The van der Waals surface area contributed by atoms with Crippen LogP contribution in [0.2, 0.25) is 0 Å². The Bertz CT molecular complexity index is 1690. The maximum absolute atomic E-state index is 15.4. The van der Waals surface area contributed by atoms with Gasteiger partial charge in [-0.2, -0.15) is 0 Å². The fourth-order valence-electron chi connectivity index (χ4n) is 8.75. The zero-order chi connectivity index (χ0) is 34.9. The van der Waals surface area contributed by atoms with Gasteiger partial charge in [-0.3, -0.25) is 14.4 Å². The maximum atomic E-state index is 15.4. The number of fused-ring (bicyclic) bond motifs is 1. The van der Waals surface area contributed by atoms with Gasteiger partial charge < -0.3 is 19.8 Å². The van der Waals surface area contributed by atoms with Gasteiger partial charge in [-0.1, -0.05) is 97.9 Å². The summed E-state index contributed by atoms with van der Waals surface area (Å²) in [6, 6.07) is 24.0. The molecule has 0 aliphatic carbocycles. The van der Waals surface area contributed by atoms with Gasteiger partial charge in [0.25, 0.3) is 5.91 Å². The highest BCUT2D eigenvalue weighted by Crippen LogP contribution is 2.69. The summed E-state index contributed by atoms with van der Waals surface area (Å²) in [6.07, 6.45) is 4.56. The molecule has 1 spiro atoms. The van der Waals surface area contributed by atoms with Crippen molar-refractivity contribution in [3.63, 3.8) is 0 Å². The Hall–Kier alpha value is -4.14. The molecule has 2 bridgehead atoms. The van der Waals surface area contributed by atoms with E-state index in [1.54, 1.807) is 38.6 Å². The summed E-state index contributed by atoms with van der Waals surface area (Å²) >= 11 is 1.66. The third-order valence-corrected chi connectivity index (χ3v) is 12.9. The average Bonchev–Trinajstić information content (AvgIpc) is 3.70. The van der Waals surface area contributed by atoms with Crippen molar-refractivity contribution in [3.05, 3.63) is 126 Å². The number of rotatable bonds is 13. The van der Waals surface area contributed by atoms with Crippen molar-refractivity contribution >= 4 is 35.2 Å². The average molecular weight is 678 g/mol. The molecule has 49 heavy (non-hydrogen) atoms. The van der Waals surface area contributed by atoms with Gasteiger partial charge in [-0.25, -0.2) is 0 Å². The molecule has 7 atom stereocenters. The first kappa shape index (κ1) is 34.7. The first-order valence-corrected chi connectivity index (χ1v) is 18.1. The molecule has 7 nitrogen and oxygen atoms in total. The van der Waals surface area contributed by atoms with Crippen molar-refractivity contribution in [1.82, 2.24) is 9.80 Å². The molecule has 3 aliphatic rings. The molecule has 3 saturated heterocycles. The number of amides is 3. The van der Waals surface area contributed by atoms with Gasteiger partial charge in [0.05, 0.1) is 29.2 Å². The van der Waals surface area contributed by atoms with Crippen LogP contribution >= 0.6 is 11.8 Å². The van der Waals surface area contributed by atoms with E-state index in [0.29, 0.717) is 19.5 Å². The van der Waals surface area contributed by atoms with Crippen LogP contribution in [0.4, 0.5) is 5.69 Å². The number of hydrogen-bond donors (Lipinski definition) is 1. The normalized spacial score (nSPS) is 25.9. The summed E-state index contributed by atoms with van der Waals surface area (Å²) in [5.74, 6) is -1.80. The molecule has 3 aliphatic heterocycles. The van der Waals surface area contributed by atoms with E-state index in [2.05, 4.69) is 20.1 Å². The van der Waals surface area contributed by atoms with Gasteiger partial charge in [-0.05, 0) is 54.9 Å². The molecule has 1 N–H and O–H groups in total. The number of anilines is 1. The molecule has 3 amide bonds. The lowest BCUT2D eigenvalue weighted by Crippen LogP contribution is -2.60. The SMILES string of the molecule is C=CCN(Cc1ccccc1)C(=O)[C@@H]1[C@@H]2CC(C)C3(S2)C(C(=O)N(CC=C)c2c(C)cccc2C)N([C@@H](CO)Cc2ccccc2)C(=O)[C@H]13. The number of aryl methyl sites for hydroxylation is 2. The minimum absolute atomic E-state index is 0.0129. The van der Waals surface area contributed by atoms with E-state index in [9.17, 15) is 9.90 Å². The molecular weight excluding hydrogens is 631 g/mol. The molecule has 0 saturated carbocycles. The molecule has 8 heteroatoms. The fourth-order valence-corrected chi connectivity index (χ4v) is 11.1. The number of benzene rings is 3. The molecule has 0 aromatic heterocycles. The van der Waals surface area contributed by atoms with Crippen molar-refractivity contribution in [1.29, 1.82) is 0 Å². The molecule has 0 radical (unpaired) electrons. The Kier molecular flexibility index (Phi) is 10.2. The Morgan fingerprint density at radius 3 is 2.14 bits per heavy atom. The summed E-state index contributed by atoms with van der Waals surface area (Å²) < 4.78 is -0.841. The van der Waals surface area contributed by atoms with Crippen LogP contribution in [0.5, 0.6) is 0 Å². The lowest BCUT2D eigenvalue weighted by atomic mass is 9.65. The smallest absolute Gasteiger partial charge is 0.251 e. The van der Waals surface area contributed by atoms with E-state index in [0.717, 1.165) is 34.4 Å². The summed E-state index contributed by atoms with van der Waals surface area (Å²) in [5.41, 5.74) is 4.68. The zero-order valence-corrected chi connectivity index (χ0v) is 29.5. The third kappa shape index (κ3) is 6.03. The quantitative estimate of drug-likeness (QED) is 0.225. The number of para-hydroxylation sites is 1. The Morgan fingerprint density at radius 1 is 0.939 bits per heavy atom. The van der Waals surface area contributed by atoms with Gasteiger partial charge in [0.15, 0.2) is 0 Å². The number of carbonyl (C=O) groups is 3. The predicted molar refractivity (Wildman–Crippen MR) is 197 cm³/mol. The van der Waals surface area contributed by atoms with Gasteiger partial charge in [0.2, 0.25) is 11.8 Å². The second-order valence-electron chi connectivity index (χ2n) is 13.8. The van der Waals surface area contributed by atoms with E-state index in [1.807, 2.05) is 92.7 Å². The van der Waals surface area contributed by atoms with Crippen molar-refractivity contribution in [2.24, 2.45) is 17.8 Å². The van der Waals surface area contributed by atoms with Crippen LogP contribution in [0.15, 0.2) is 104 Å². The number of carbonyl (C=O) groups excluding carboxylic acids is 3. The first-order chi connectivity index (χ1) is 23.7. The zero-order valence-electron chi connectivity index (χ0n) is 28.7. The molecule has 3 heterocycles. The molecule has 3 aromatic carbocycles. The van der Waals surface area contributed by atoms with Crippen molar-refractivity contribution in [2.45, 2.75) is 62.2 Å². The number of nitrogens with zero attached hydrogens (tertiary/aromatic N) is 3. The summed E-state index contributed by atoms with van der Waals surface area (Å²) in [6.45, 7) is 14.7. The second kappa shape index (κ2) is 14.4. The fraction of sp³-hybridized carbons (Fsp3) is 0.390. The van der Waals surface area contributed by atoms with Crippen molar-refractivity contribution in [3.8, 4) is 0 Å². The van der Waals surface area contributed by atoms with Gasteiger partial charge in [-0.15, -0.1) is 24.9 Å². The topological polar surface area (TPSA) is 81.2 Å².